The van der Waals surface area contributed by atoms with Crippen LogP contribution >= 0.6 is 0 Å². The van der Waals surface area contributed by atoms with Gasteiger partial charge in [0.15, 0.2) is 5.82 Å². The molecule has 0 aliphatic rings. The summed E-state index contributed by atoms with van der Waals surface area (Å²) in [4.78, 5) is 17.1. The number of nitrogens with zero attached hydrogens (tertiary/aromatic N) is 6. The average molecular weight is 306 g/mol. The van der Waals surface area contributed by atoms with Crippen LogP contribution in [0.25, 0.3) is 0 Å². The number of hydrogen-bond acceptors (Lipinski definition) is 8. The van der Waals surface area contributed by atoms with Crippen molar-refractivity contribution in [1.82, 2.24) is 20.1 Å². The van der Waals surface area contributed by atoms with Crippen molar-refractivity contribution in [2.45, 2.75) is 19.9 Å². The monoisotopic (exact) mass is 306 g/mol. The molecule has 0 aromatic carbocycles. The van der Waals surface area contributed by atoms with Gasteiger partial charge in [0.2, 0.25) is 11.8 Å². The standard InChI is InChI=1S/C14H22N6O2/c1-5-19(2)12-6-8-15-14(17-12)20(3)10-13-16-11(18-22-13)7-9-21-4/h6,8H,5,7,9-10H2,1-4H3. The zero-order valence-corrected chi connectivity index (χ0v) is 13.5. The van der Waals surface area contributed by atoms with Gasteiger partial charge in [-0.15, -0.1) is 0 Å². The Morgan fingerprint density at radius 1 is 1.23 bits per heavy atom. The third-order valence-electron chi connectivity index (χ3n) is 3.25. The topological polar surface area (TPSA) is 80.4 Å². The first-order valence-electron chi connectivity index (χ1n) is 7.19. The molecule has 0 fully saturated rings. The van der Waals surface area contributed by atoms with E-state index < -0.39 is 0 Å². The lowest BCUT2D eigenvalue weighted by atomic mass is 10.4. The Bertz CT molecular complexity index is 588. The smallest absolute Gasteiger partial charge is 0.246 e. The summed E-state index contributed by atoms with van der Waals surface area (Å²) in [5.74, 6) is 2.68. The molecule has 8 heteroatoms. The molecule has 2 heterocycles. The Kier molecular flexibility index (Phi) is 5.65. The average Bonchev–Trinajstić information content (AvgIpc) is 2.99. The lowest BCUT2D eigenvalue weighted by molar-refractivity contribution is 0.199. The lowest BCUT2D eigenvalue weighted by Gasteiger charge is -2.19. The van der Waals surface area contributed by atoms with Gasteiger partial charge in [-0.05, 0) is 13.0 Å². The molecule has 0 radical (unpaired) electrons. The van der Waals surface area contributed by atoms with Gasteiger partial charge in [0.25, 0.3) is 0 Å². The number of ether oxygens (including phenoxy) is 1. The highest BCUT2D eigenvalue weighted by Crippen LogP contribution is 2.14. The Hall–Kier alpha value is -2.22. The van der Waals surface area contributed by atoms with Crippen molar-refractivity contribution in [3.05, 3.63) is 24.0 Å². The molecule has 0 unspecified atom stereocenters. The normalized spacial score (nSPS) is 10.7. The first-order chi connectivity index (χ1) is 10.6. The summed E-state index contributed by atoms with van der Waals surface area (Å²) >= 11 is 0. The fourth-order valence-corrected chi connectivity index (χ4v) is 1.82. The Balaban J connectivity index is 2.02. The van der Waals surface area contributed by atoms with Crippen LogP contribution in [0.4, 0.5) is 11.8 Å². The molecule has 2 rings (SSSR count). The number of rotatable bonds is 8. The molecule has 0 N–H and O–H groups in total. The Morgan fingerprint density at radius 3 is 2.77 bits per heavy atom. The minimum Gasteiger partial charge on any atom is -0.384 e. The van der Waals surface area contributed by atoms with E-state index in [0.717, 1.165) is 12.4 Å². The zero-order chi connectivity index (χ0) is 15.9. The maximum Gasteiger partial charge on any atom is 0.246 e. The summed E-state index contributed by atoms with van der Waals surface area (Å²) in [7, 11) is 5.53. The molecule has 0 amide bonds. The summed E-state index contributed by atoms with van der Waals surface area (Å²) < 4.78 is 10.2. The van der Waals surface area contributed by atoms with Crippen LogP contribution in [-0.2, 0) is 17.7 Å². The number of aromatic nitrogens is 4. The molecule has 22 heavy (non-hydrogen) atoms. The second-order valence-corrected chi connectivity index (χ2v) is 4.93. The van der Waals surface area contributed by atoms with Crippen molar-refractivity contribution >= 4 is 11.8 Å². The molecule has 120 valence electrons. The van der Waals surface area contributed by atoms with Gasteiger partial charge in [-0.2, -0.15) is 9.97 Å². The fourth-order valence-electron chi connectivity index (χ4n) is 1.82. The van der Waals surface area contributed by atoms with E-state index in [4.69, 9.17) is 9.26 Å². The number of methoxy groups -OCH3 is 1. The van der Waals surface area contributed by atoms with E-state index in [-0.39, 0.29) is 0 Å². The summed E-state index contributed by atoms with van der Waals surface area (Å²) in [6.45, 7) is 3.99. The molecular formula is C14H22N6O2. The van der Waals surface area contributed by atoms with Crippen LogP contribution in [0, 0.1) is 0 Å². The van der Waals surface area contributed by atoms with Crippen LogP contribution in [0.2, 0.25) is 0 Å². The minimum absolute atomic E-state index is 0.458. The molecule has 0 saturated heterocycles. The molecule has 0 saturated carbocycles. The van der Waals surface area contributed by atoms with Gasteiger partial charge < -0.3 is 19.1 Å². The third-order valence-corrected chi connectivity index (χ3v) is 3.25. The highest BCUT2D eigenvalue weighted by molar-refractivity contribution is 5.42. The van der Waals surface area contributed by atoms with E-state index >= 15 is 0 Å². The largest absolute Gasteiger partial charge is 0.384 e. The van der Waals surface area contributed by atoms with Crippen LogP contribution in [0.15, 0.2) is 16.8 Å². The van der Waals surface area contributed by atoms with E-state index in [1.165, 1.54) is 0 Å². The molecule has 0 aliphatic carbocycles. The highest BCUT2D eigenvalue weighted by Gasteiger charge is 2.12. The van der Waals surface area contributed by atoms with E-state index in [1.54, 1.807) is 13.3 Å². The van der Waals surface area contributed by atoms with Gasteiger partial charge in [0, 0.05) is 40.4 Å². The van der Waals surface area contributed by atoms with Gasteiger partial charge >= 0.3 is 0 Å². The zero-order valence-electron chi connectivity index (χ0n) is 13.5. The lowest BCUT2D eigenvalue weighted by Crippen LogP contribution is -2.22. The third kappa shape index (κ3) is 4.14. The molecule has 2 aromatic heterocycles. The Labute approximate surface area is 130 Å². The minimum atomic E-state index is 0.458. The molecule has 8 nitrogen and oxygen atoms in total. The maximum absolute atomic E-state index is 5.23. The van der Waals surface area contributed by atoms with Crippen molar-refractivity contribution in [1.29, 1.82) is 0 Å². The van der Waals surface area contributed by atoms with Crippen LogP contribution < -0.4 is 9.80 Å². The molecule has 0 bridgehead atoms. The van der Waals surface area contributed by atoms with Gasteiger partial charge in [0.1, 0.15) is 5.82 Å². The highest BCUT2D eigenvalue weighted by atomic mass is 16.5. The fraction of sp³-hybridized carbons (Fsp3) is 0.571. The predicted molar refractivity (Wildman–Crippen MR) is 83.0 cm³/mol. The van der Waals surface area contributed by atoms with Gasteiger partial charge in [-0.3, -0.25) is 0 Å². The van der Waals surface area contributed by atoms with Crippen LogP contribution in [0.3, 0.4) is 0 Å². The summed E-state index contributed by atoms with van der Waals surface area (Å²) in [6.07, 6.45) is 2.38. The van der Waals surface area contributed by atoms with Gasteiger partial charge in [-0.1, -0.05) is 5.16 Å². The Morgan fingerprint density at radius 2 is 2.05 bits per heavy atom. The number of hydrogen-bond donors (Lipinski definition) is 0. The van der Waals surface area contributed by atoms with Gasteiger partial charge in [0.05, 0.1) is 13.2 Å². The summed E-state index contributed by atoms with van der Waals surface area (Å²) in [5, 5.41) is 3.92. The second-order valence-electron chi connectivity index (χ2n) is 4.93. The van der Waals surface area contributed by atoms with E-state index in [2.05, 4.69) is 31.9 Å². The molecule has 0 spiro atoms. The molecule has 2 aromatic rings. The molecule has 0 aliphatic heterocycles. The summed E-state index contributed by atoms with van der Waals surface area (Å²) in [5.41, 5.74) is 0. The SMILES string of the molecule is CCN(C)c1ccnc(N(C)Cc2nc(CCOC)no2)n1. The van der Waals surface area contributed by atoms with Crippen LogP contribution in [0.5, 0.6) is 0 Å². The van der Waals surface area contributed by atoms with Crippen molar-refractivity contribution in [3.8, 4) is 0 Å². The van der Waals surface area contributed by atoms with Crippen molar-refractivity contribution in [2.75, 3.05) is 44.2 Å². The van der Waals surface area contributed by atoms with Crippen LogP contribution in [-0.4, -0.2) is 54.5 Å². The van der Waals surface area contributed by atoms with Gasteiger partial charge in [-0.25, -0.2) is 4.98 Å². The molecule has 0 atom stereocenters. The number of anilines is 2. The summed E-state index contributed by atoms with van der Waals surface area (Å²) in [6, 6.07) is 1.89. The van der Waals surface area contributed by atoms with Crippen molar-refractivity contribution in [3.63, 3.8) is 0 Å². The second kappa shape index (κ2) is 7.69. The first-order valence-corrected chi connectivity index (χ1v) is 7.19. The van der Waals surface area contributed by atoms with Crippen LogP contribution in [0.1, 0.15) is 18.6 Å². The van der Waals surface area contributed by atoms with E-state index in [1.807, 2.05) is 25.1 Å². The maximum atomic E-state index is 5.23. The predicted octanol–water partition coefficient (Wildman–Crippen LogP) is 1.14. The van der Waals surface area contributed by atoms with Crippen molar-refractivity contribution < 1.29 is 9.26 Å². The van der Waals surface area contributed by atoms with Crippen molar-refractivity contribution in [2.24, 2.45) is 0 Å². The first kappa shape index (κ1) is 16.2. The molecular weight excluding hydrogens is 284 g/mol. The van der Waals surface area contributed by atoms with E-state index in [9.17, 15) is 0 Å². The van der Waals surface area contributed by atoms with E-state index in [0.29, 0.717) is 37.2 Å². The quantitative estimate of drug-likeness (QED) is 0.718.